The minimum absolute atomic E-state index is 0.0756. The van der Waals surface area contributed by atoms with Crippen molar-refractivity contribution in [2.24, 2.45) is 0 Å². The third-order valence-corrected chi connectivity index (χ3v) is 4.33. The first-order chi connectivity index (χ1) is 14.1. The first kappa shape index (κ1) is 23.1. The highest BCUT2D eigenvalue weighted by atomic mass is 16.6. The molecule has 1 N–H and O–H groups in total. The van der Waals surface area contributed by atoms with Gasteiger partial charge in [0.05, 0.1) is 13.5 Å². The fraction of sp³-hybridized carbons (Fsp3) is 0.500. The van der Waals surface area contributed by atoms with Crippen LogP contribution in [0.25, 0.3) is 0 Å². The third-order valence-electron chi connectivity index (χ3n) is 4.33. The van der Waals surface area contributed by atoms with E-state index in [0.717, 1.165) is 20.8 Å². The molecule has 1 aliphatic heterocycles. The smallest absolute Gasteiger partial charge is 0.308 e. The number of phenols is 1. The number of hydrogen-bond donors (Lipinski definition) is 1. The molecule has 1 aliphatic rings. The van der Waals surface area contributed by atoms with Crippen LogP contribution in [0.4, 0.5) is 0 Å². The molecule has 0 saturated carbocycles. The van der Waals surface area contributed by atoms with Crippen molar-refractivity contribution in [2.45, 2.75) is 57.7 Å². The van der Waals surface area contributed by atoms with Gasteiger partial charge >= 0.3 is 23.9 Å². The number of benzene rings is 1. The summed E-state index contributed by atoms with van der Waals surface area (Å²) >= 11 is 0. The Hall–Kier alpha value is -3.14. The molecule has 0 unspecified atom stereocenters. The summed E-state index contributed by atoms with van der Waals surface area (Å²) in [4.78, 5) is 47.2. The molecule has 5 atom stereocenters. The normalized spacial score (nSPS) is 25.7. The van der Waals surface area contributed by atoms with Gasteiger partial charge in [0.1, 0.15) is 18.0 Å². The number of phenolic OH excluding ortho intramolecular Hbond substituents is 1. The number of hydrogen-bond acceptors (Lipinski definition) is 10. The maximum atomic E-state index is 11.9. The molecule has 30 heavy (non-hydrogen) atoms. The quantitative estimate of drug-likeness (QED) is 0.524. The SMILES string of the molecule is COC(=O)C[C@H]1O[C@H](c2cccc(O)c2)[C@@H](OC(C)=O)[C@H](OC(C)=O)[C@@H]1OC(C)=O. The van der Waals surface area contributed by atoms with E-state index in [0.29, 0.717) is 5.56 Å². The monoisotopic (exact) mass is 424 g/mol. The van der Waals surface area contributed by atoms with Crippen molar-refractivity contribution in [3.63, 3.8) is 0 Å². The molecule has 0 spiro atoms. The Bertz CT molecular complexity index is 805. The lowest BCUT2D eigenvalue weighted by Crippen LogP contribution is -2.58. The number of carbonyl (C=O) groups is 4. The van der Waals surface area contributed by atoms with Crippen LogP contribution < -0.4 is 0 Å². The molecule has 0 radical (unpaired) electrons. The topological polar surface area (TPSA) is 135 Å². The number of carbonyl (C=O) groups excluding carboxylic acids is 4. The lowest BCUT2D eigenvalue weighted by atomic mass is 9.89. The van der Waals surface area contributed by atoms with Crippen LogP contribution in [0.2, 0.25) is 0 Å². The molecule has 0 amide bonds. The van der Waals surface area contributed by atoms with Crippen LogP contribution in [0.5, 0.6) is 5.75 Å². The molecule has 10 nitrogen and oxygen atoms in total. The Kier molecular flexibility index (Phi) is 7.76. The molecule has 0 aromatic heterocycles. The molecule has 1 saturated heterocycles. The summed E-state index contributed by atoms with van der Waals surface area (Å²) in [6.07, 6.45) is -6.17. The van der Waals surface area contributed by atoms with Gasteiger partial charge < -0.3 is 28.8 Å². The van der Waals surface area contributed by atoms with Gasteiger partial charge in [0.2, 0.25) is 0 Å². The van der Waals surface area contributed by atoms with E-state index in [1.165, 1.54) is 19.2 Å². The molecule has 10 heteroatoms. The van der Waals surface area contributed by atoms with E-state index in [2.05, 4.69) is 4.74 Å². The summed E-state index contributed by atoms with van der Waals surface area (Å²) in [6.45, 7) is 3.44. The van der Waals surface area contributed by atoms with Crippen molar-refractivity contribution in [3.8, 4) is 5.75 Å². The van der Waals surface area contributed by atoms with E-state index in [-0.39, 0.29) is 12.2 Å². The van der Waals surface area contributed by atoms with Gasteiger partial charge in [0, 0.05) is 20.8 Å². The average molecular weight is 424 g/mol. The van der Waals surface area contributed by atoms with E-state index in [1.54, 1.807) is 12.1 Å². The van der Waals surface area contributed by atoms with E-state index in [1.807, 2.05) is 0 Å². The van der Waals surface area contributed by atoms with Crippen LogP contribution in [0.15, 0.2) is 24.3 Å². The molecule has 0 aliphatic carbocycles. The predicted molar refractivity (Wildman–Crippen MR) is 99.0 cm³/mol. The highest BCUT2D eigenvalue weighted by Gasteiger charge is 2.52. The van der Waals surface area contributed by atoms with Crippen molar-refractivity contribution in [1.82, 2.24) is 0 Å². The third kappa shape index (κ3) is 5.93. The molecule has 2 rings (SSSR count). The minimum Gasteiger partial charge on any atom is -0.508 e. The number of methoxy groups -OCH3 is 1. The Morgan fingerprint density at radius 1 is 0.933 bits per heavy atom. The standard InChI is InChI=1S/C20H24O10/c1-10(21)27-18-15(9-16(25)26-4)30-17(13-6-5-7-14(24)8-13)19(28-11(2)22)20(18)29-12(3)23/h5-8,15,17-20,24H,9H2,1-4H3/t15-,17-,18-,19-,20-/m1/s1. The first-order valence-corrected chi connectivity index (χ1v) is 9.15. The molecule has 1 fully saturated rings. The van der Waals surface area contributed by atoms with Crippen LogP contribution >= 0.6 is 0 Å². The van der Waals surface area contributed by atoms with Crippen molar-refractivity contribution >= 4 is 23.9 Å². The lowest BCUT2D eigenvalue weighted by molar-refractivity contribution is -0.250. The van der Waals surface area contributed by atoms with Gasteiger partial charge in [-0.2, -0.15) is 0 Å². The Morgan fingerprint density at radius 2 is 1.50 bits per heavy atom. The van der Waals surface area contributed by atoms with Crippen LogP contribution in [-0.4, -0.2) is 60.5 Å². The predicted octanol–water partition coefficient (Wildman–Crippen LogP) is 1.19. The second-order valence-electron chi connectivity index (χ2n) is 6.69. The molecule has 1 aromatic carbocycles. The van der Waals surface area contributed by atoms with Crippen molar-refractivity contribution in [3.05, 3.63) is 29.8 Å². The molecule has 1 heterocycles. The van der Waals surface area contributed by atoms with E-state index in [9.17, 15) is 24.3 Å². The highest BCUT2D eigenvalue weighted by Crippen LogP contribution is 2.39. The largest absolute Gasteiger partial charge is 0.508 e. The molecule has 1 aromatic rings. The minimum atomic E-state index is -1.27. The fourth-order valence-corrected chi connectivity index (χ4v) is 3.28. The van der Waals surface area contributed by atoms with E-state index >= 15 is 0 Å². The molecular formula is C20H24O10. The molecule has 0 bridgehead atoms. The van der Waals surface area contributed by atoms with Gasteiger partial charge in [0.15, 0.2) is 18.3 Å². The number of ether oxygens (including phenoxy) is 5. The van der Waals surface area contributed by atoms with E-state index < -0.39 is 54.4 Å². The maximum absolute atomic E-state index is 11.9. The molecule has 164 valence electrons. The fourth-order valence-electron chi connectivity index (χ4n) is 3.28. The summed E-state index contributed by atoms with van der Waals surface area (Å²) < 4.78 is 26.7. The Balaban J connectivity index is 2.56. The van der Waals surface area contributed by atoms with Gasteiger partial charge in [-0.3, -0.25) is 19.2 Å². The number of rotatable bonds is 6. The van der Waals surface area contributed by atoms with Crippen molar-refractivity contribution in [2.75, 3.05) is 7.11 Å². The van der Waals surface area contributed by atoms with E-state index in [4.69, 9.17) is 18.9 Å². The Morgan fingerprint density at radius 3 is 2.03 bits per heavy atom. The van der Waals surface area contributed by atoms with Crippen LogP contribution in [0, 0.1) is 0 Å². The van der Waals surface area contributed by atoms with Crippen LogP contribution in [0.1, 0.15) is 38.9 Å². The van der Waals surface area contributed by atoms with Crippen molar-refractivity contribution in [1.29, 1.82) is 0 Å². The van der Waals surface area contributed by atoms with Gasteiger partial charge in [0.25, 0.3) is 0 Å². The first-order valence-electron chi connectivity index (χ1n) is 9.15. The Labute approximate surface area is 173 Å². The zero-order valence-corrected chi connectivity index (χ0v) is 17.0. The highest BCUT2D eigenvalue weighted by molar-refractivity contribution is 5.71. The summed E-state index contributed by atoms with van der Waals surface area (Å²) in [5.41, 5.74) is 0.398. The summed E-state index contributed by atoms with van der Waals surface area (Å²) in [5.74, 6) is -2.86. The second kappa shape index (κ2) is 10.1. The summed E-state index contributed by atoms with van der Waals surface area (Å²) in [7, 11) is 1.18. The number of aromatic hydroxyl groups is 1. The summed E-state index contributed by atoms with van der Waals surface area (Å²) in [6, 6.07) is 5.97. The van der Waals surface area contributed by atoms with Crippen molar-refractivity contribution < 1.29 is 48.0 Å². The van der Waals surface area contributed by atoms with Gasteiger partial charge in [-0.1, -0.05) is 12.1 Å². The average Bonchev–Trinajstić information content (AvgIpc) is 2.64. The molecular weight excluding hydrogens is 400 g/mol. The van der Waals surface area contributed by atoms with Crippen LogP contribution in [-0.2, 0) is 42.9 Å². The summed E-state index contributed by atoms with van der Waals surface area (Å²) in [5, 5.41) is 9.85. The zero-order valence-electron chi connectivity index (χ0n) is 17.0. The van der Waals surface area contributed by atoms with Crippen LogP contribution in [0.3, 0.4) is 0 Å². The van der Waals surface area contributed by atoms with Gasteiger partial charge in [-0.25, -0.2) is 0 Å². The zero-order chi connectivity index (χ0) is 22.4. The second-order valence-corrected chi connectivity index (χ2v) is 6.69. The lowest BCUT2D eigenvalue weighted by Gasteiger charge is -2.44. The number of esters is 4. The van der Waals surface area contributed by atoms with Gasteiger partial charge in [-0.15, -0.1) is 0 Å². The maximum Gasteiger partial charge on any atom is 0.308 e. The van der Waals surface area contributed by atoms with Gasteiger partial charge in [-0.05, 0) is 17.7 Å².